The molecular formula is C15H15F4NO4. The summed E-state index contributed by atoms with van der Waals surface area (Å²) in [6.45, 7) is -1.25. The number of halogens is 4. The third-order valence-corrected chi connectivity index (χ3v) is 3.81. The van der Waals surface area contributed by atoms with E-state index in [0.29, 0.717) is 5.75 Å². The summed E-state index contributed by atoms with van der Waals surface area (Å²) < 4.78 is 56.5. The maximum Gasteiger partial charge on any atom is 0.394 e. The first kappa shape index (κ1) is 18.0. The number of amides is 1. The van der Waals surface area contributed by atoms with Gasteiger partial charge in [0.25, 0.3) is 0 Å². The van der Waals surface area contributed by atoms with Crippen LogP contribution in [0.3, 0.4) is 0 Å². The summed E-state index contributed by atoms with van der Waals surface area (Å²) in [6, 6.07) is 5.05. The zero-order chi connectivity index (χ0) is 17.9. The number of carbonyl (C=O) groups excluding carboxylic acids is 1. The molecule has 0 saturated carbocycles. The van der Waals surface area contributed by atoms with Gasteiger partial charge in [-0.1, -0.05) is 0 Å². The number of nitrogens with zero attached hydrogens (tertiary/aromatic N) is 1. The minimum Gasteiger partial charge on any atom is -0.493 e. The lowest BCUT2D eigenvalue weighted by Gasteiger charge is -2.18. The molecule has 2 rings (SSSR count). The Kier molecular flexibility index (Phi) is 5.30. The molecule has 1 N–H and O–H groups in total. The van der Waals surface area contributed by atoms with E-state index in [1.807, 2.05) is 0 Å². The van der Waals surface area contributed by atoms with Crippen molar-refractivity contribution < 1.29 is 37.0 Å². The van der Waals surface area contributed by atoms with Gasteiger partial charge in [0.15, 0.2) is 0 Å². The Hall–Kier alpha value is -2.32. The molecule has 24 heavy (non-hydrogen) atoms. The SMILES string of the molecule is O=C(O)[C@@H]1CN(C(=O)CCOc2ccc(F)cc2)C[C@H]1C(F)(F)F. The van der Waals surface area contributed by atoms with Crippen molar-refractivity contribution in [2.45, 2.75) is 12.6 Å². The largest absolute Gasteiger partial charge is 0.493 e. The summed E-state index contributed by atoms with van der Waals surface area (Å²) >= 11 is 0. The van der Waals surface area contributed by atoms with E-state index in [0.717, 1.165) is 4.90 Å². The van der Waals surface area contributed by atoms with E-state index in [-0.39, 0.29) is 13.0 Å². The predicted molar refractivity (Wildman–Crippen MR) is 73.8 cm³/mol. The molecule has 1 aromatic carbocycles. The third kappa shape index (κ3) is 4.36. The van der Waals surface area contributed by atoms with Gasteiger partial charge in [-0.3, -0.25) is 9.59 Å². The molecule has 5 nitrogen and oxygen atoms in total. The second-order valence-electron chi connectivity index (χ2n) is 5.44. The van der Waals surface area contributed by atoms with Crippen LogP contribution in [-0.4, -0.2) is 47.8 Å². The van der Waals surface area contributed by atoms with E-state index in [2.05, 4.69) is 0 Å². The van der Waals surface area contributed by atoms with Crippen LogP contribution in [0.15, 0.2) is 24.3 Å². The maximum absolute atomic E-state index is 12.9. The number of carbonyl (C=O) groups is 2. The highest BCUT2D eigenvalue weighted by atomic mass is 19.4. The molecule has 0 spiro atoms. The van der Waals surface area contributed by atoms with Gasteiger partial charge in [0.05, 0.1) is 24.9 Å². The molecule has 1 aliphatic rings. The maximum atomic E-state index is 12.9. The van der Waals surface area contributed by atoms with Gasteiger partial charge in [-0.2, -0.15) is 13.2 Å². The number of hydrogen-bond acceptors (Lipinski definition) is 3. The van der Waals surface area contributed by atoms with E-state index in [1.165, 1.54) is 24.3 Å². The first-order chi connectivity index (χ1) is 11.2. The van der Waals surface area contributed by atoms with Crippen molar-refractivity contribution in [3.05, 3.63) is 30.1 Å². The molecule has 0 radical (unpaired) electrons. The van der Waals surface area contributed by atoms with Crippen LogP contribution in [0, 0.1) is 17.7 Å². The number of likely N-dealkylation sites (tertiary alicyclic amines) is 1. The van der Waals surface area contributed by atoms with Gasteiger partial charge < -0.3 is 14.7 Å². The van der Waals surface area contributed by atoms with Crippen LogP contribution < -0.4 is 4.74 Å². The summed E-state index contributed by atoms with van der Waals surface area (Å²) in [5.74, 6) is -6.05. The first-order valence-corrected chi connectivity index (χ1v) is 7.14. The molecule has 0 bridgehead atoms. The third-order valence-electron chi connectivity index (χ3n) is 3.81. The summed E-state index contributed by atoms with van der Waals surface area (Å²) in [5, 5.41) is 8.90. The van der Waals surface area contributed by atoms with Crippen LogP contribution in [0.2, 0.25) is 0 Å². The van der Waals surface area contributed by atoms with Gasteiger partial charge in [0.2, 0.25) is 5.91 Å². The van der Waals surface area contributed by atoms with Crippen molar-refractivity contribution in [2.75, 3.05) is 19.7 Å². The number of carboxylic acids is 1. The second-order valence-corrected chi connectivity index (χ2v) is 5.44. The Morgan fingerprint density at radius 2 is 1.83 bits per heavy atom. The number of benzene rings is 1. The molecule has 1 aliphatic heterocycles. The number of rotatable bonds is 5. The van der Waals surface area contributed by atoms with Crippen molar-refractivity contribution in [3.63, 3.8) is 0 Å². The average Bonchev–Trinajstić information content (AvgIpc) is 2.95. The smallest absolute Gasteiger partial charge is 0.394 e. The van der Waals surface area contributed by atoms with Gasteiger partial charge in [-0.05, 0) is 24.3 Å². The molecule has 2 atom stereocenters. The molecule has 1 heterocycles. The zero-order valence-corrected chi connectivity index (χ0v) is 12.4. The molecule has 1 aromatic rings. The lowest BCUT2D eigenvalue weighted by atomic mass is 9.96. The van der Waals surface area contributed by atoms with E-state index < -0.39 is 48.8 Å². The average molecular weight is 349 g/mol. The monoisotopic (exact) mass is 349 g/mol. The van der Waals surface area contributed by atoms with Crippen LogP contribution in [0.5, 0.6) is 5.75 Å². The highest BCUT2D eigenvalue weighted by Crippen LogP contribution is 2.37. The van der Waals surface area contributed by atoms with Crippen LogP contribution in [0.1, 0.15) is 6.42 Å². The van der Waals surface area contributed by atoms with Crippen LogP contribution in [0.25, 0.3) is 0 Å². The van der Waals surface area contributed by atoms with Crippen LogP contribution in [-0.2, 0) is 9.59 Å². The fourth-order valence-electron chi connectivity index (χ4n) is 2.53. The molecular weight excluding hydrogens is 334 g/mol. The van der Waals surface area contributed by atoms with Crippen molar-refractivity contribution in [1.82, 2.24) is 4.90 Å². The van der Waals surface area contributed by atoms with Crippen molar-refractivity contribution in [2.24, 2.45) is 11.8 Å². The van der Waals surface area contributed by atoms with E-state index >= 15 is 0 Å². The summed E-state index contributed by atoms with van der Waals surface area (Å²) in [6.07, 6.45) is -4.88. The molecule has 132 valence electrons. The minimum atomic E-state index is -4.68. The summed E-state index contributed by atoms with van der Waals surface area (Å²) in [4.78, 5) is 23.8. The number of ether oxygens (including phenoxy) is 1. The fraction of sp³-hybridized carbons (Fsp3) is 0.467. The standard InChI is InChI=1S/C15H15F4NO4/c16-9-1-3-10(4-2-9)24-6-5-13(21)20-7-11(14(22)23)12(8-20)15(17,18)19/h1-4,11-12H,5-8H2,(H,22,23)/t11-,12-/m1/s1. The molecule has 1 fully saturated rings. The normalized spacial score (nSPS) is 20.9. The Morgan fingerprint density at radius 1 is 1.21 bits per heavy atom. The highest BCUT2D eigenvalue weighted by molar-refractivity contribution is 5.79. The van der Waals surface area contributed by atoms with Crippen LogP contribution >= 0.6 is 0 Å². The van der Waals surface area contributed by atoms with E-state index in [9.17, 15) is 27.2 Å². The fourth-order valence-corrected chi connectivity index (χ4v) is 2.53. The summed E-state index contributed by atoms with van der Waals surface area (Å²) in [7, 11) is 0. The van der Waals surface area contributed by atoms with E-state index in [4.69, 9.17) is 9.84 Å². The highest BCUT2D eigenvalue weighted by Gasteiger charge is 2.53. The van der Waals surface area contributed by atoms with Crippen LogP contribution in [0.4, 0.5) is 17.6 Å². The first-order valence-electron chi connectivity index (χ1n) is 7.14. The minimum absolute atomic E-state index is 0.102. The van der Waals surface area contributed by atoms with Gasteiger partial charge in [-0.25, -0.2) is 4.39 Å². The topological polar surface area (TPSA) is 66.8 Å². The quantitative estimate of drug-likeness (QED) is 0.829. The Labute approximate surface area is 134 Å². The number of alkyl halides is 3. The number of carboxylic acid groups (broad SMARTS) is 1. The molecule has 9 heteroatoms. The molecule has 1 saturated heterocycles. The number of aliphatic carboxylic acids is 1. The summed E-state index contributed by atoms with van der Waals surface area (Å²) in [5.41, 5.74) is 0. The second kappa shape index (κ2) is 7.06. The lowest BCUT2D eigenvalue weighted by Crippen LogP contribution is -2.34. The Morgan fingerprint density at radius 3 is 2.33 bits per heavy atom. The van der Waals surface area contributed by atoms with Gasteiger partial charge >= 0.3 is 12.1 Å². The molecule has 0 unspecified atom stereocenters. The molecule has 0 aliphatic carbocycles. The Bertz CT molecular complexity index is 602. The van der Waals surface area contributed by atoms with Gasteiger partial charge in [0.1, 0.15) is 11.6 Å². The molecule has 0 aromatic heterocycles. The number of hydrogen-bond donors (Lipinski definition) is 1. The van der Waals surface area contributed by atoms with E-state index in [1.54, 1.807) is 0 Å². The van der Waals surface area contributed by atoms with Gasteiger partial charge in [0, 0.05) is 13.1 Å². The predicted octanol–water partition coefficient (Wildman–Crippen LogP) is 2.32. The molecule has 1 amide bonds. The van der Waals surface area contributed by atoms with Crippen molar-refractivity contribution >= 4 is 11.9 Å². The lowest BCUT2D eigenvalue weighted by molar-refractivity contribution is -0.188. The Balaban J connectivity index is 1.88. The van der Waals surface area contributed by atoms with Gasteiger partial charge in [-0.15, -0.1) is 0 Å². The van der Waals surface area contributed by atoms with Crippen molar-refractivity contribution in [3.8, 4) is 5.75 Å². The van der Waals surface area contributed by atoms with Crippen molar-refractivity contribution in [1.29, 1.82) is 0 Å². The zero-order valence-electron chi connectivity index (χ0n) is 12.4.